The van der Waals surface area contributed by atoms with Crippen LogP contribution in [0.4, 0.5) is 18.2 Å². The van der Waals surface area contributed by atoms with Gasteiger partial charge in [-0.3, -0.25) is 9.59 Å². The van der Waals surface area contributed by atoms with E-state index in [-0.39, 0.29) is 10.9 Å². The van der Waals surface area contributed by atoms with Gasteiger partial charge in [0, 0.05) is 11.9 Å². The number of primary amides is 1. The molecule has 0 fully saturated rings. The summed E-state index contributed by atoms with van der Waals surface area (Å²) in [4.78, 5) is 25.1. The van der Waals surface area contributed by atoms with Crippen LogP contribution in [0.1, 0.15) is 39.5 Å². The van der Waals surface area contributed by atoms with Gasteiger partial charge in [0.05, 0.1) is 11.3 Å². The van der Waals surface area contributed by atoms with Crippen molar-refractivity contribution in [3.63, 3.8) is 0 Å². The van der Waals surface area contributed by atoms with Crippen molar-refractivity contribution in [1.29, 1.82) is 0 Å². The zero-order valence-electron chi connectivity index (χ0n) is 14.2. The first kappa shape index (κ1) is 19.7. The Morgan fingerprint density at radius 2 is 2.00 bits per heavy atom. The van der Waals surface area contributed by atoms with Gasteiger partial charge in [-0.1, -0.05) is 11.8 Å². The van der Waals surface area contributed by atoms with Crippen LogP contribution in [0.25, 0.3) is 0 Å². The number of rotatable bonds is 5. The summed E-state index contributed by atoms with van der Waals surface area (Å²) >= 11 is 2.15. The molecular formula is C15H16F3N5O2S2. The largest absolute Gasteiger partial charge is 0.451 e. The van der Waals surface area contributed by atoms with Gasteiger partial charge < -0.3 is 15.6 Å². The van der Waals surface area contributed by atoms with Crippen LogP contribution in [0.2, 0.25) is 0 Å². The smallest absolute Gasteiger partial charge is 0.365 e. The van der Waals surface area contributed by atoms with Crippen LogP contribution in [0, 0.1) is 0 Å². The predicted octanol–water partition coefficient (Wildman–Crippen LogP) is 2.60. The molecule has 0 unspecified atom stereocenters. The van der Waals surface area contributed by atoms with E-state index in [1.165, 1.54) is 18.4 Å². The molecule has 27 heavy (non-hydrogen) atoms. The number of halogens is 3. The second-order valence-corrected chi connectivity index (χ2v) is 8.03. The topological polar surface area (TPSA) is 103 Å². The molecule has 2 amide bonds. The SMILES string of the molecule is Cn1c(SCC(=O)Nc2sc3c(c2C(N)=O)CCCC3)nnc1C(F)(F)F. The Morgan fingerprint density at radius 1 is 1.30 bits per heavy atom. The van der Waals surface area contributed by atoms with Crippen molar-refractivity contribution in [3.8, 4) is 0 Å². The molecule has 3 N–H and O–H groups in total. The van der Waals surface area contributed by atoms with Crippen molar-refractivity contribution >= 4 is 39.9 Å². The van der Waals surface area contributed by atoms with Crippen molar-refractivity contribution in [1.82, 2.24) is 14.8 Å². The van der Waals surface area contributed by atoms with Crippen molar-refractivity contribution in [3.05, 3.63) is 21.8 Å². The van der Waals surface area contributed by atoms with E-state index in [0.717, 1.165) is 52.5 Å². The summed E-state index contributed by atoms with van der Waals surface area (Å²) in [6.45, 7) is 0. The van der Waals surface area contributed by atoms with Gasteiger partial charge in [-0.15, -0.1) is 21.5 Å². The average Bonchev–Trinajstić information content (AvgIpc) is 3.12. The predicted molar refractivity (Wildman–Crippen MR) is 94.8 cm³/mol. The summed E-state index contributed by atoms with van der Waals surface area (Å²) in [6, 6.07) is 0. The summed E-state index contributed by atoms with van der Waals surface area (Å²) < 4.78 is 39.0. The highest BCUT2D eigenvalue weighted by molar-refractivity contribution is 7.99. The minimum atomic E-state index is -4.62. The number of amides is 2. The van der Waals surface area contributed by atoms with E-state index >= 15 is 0 Å². The van der Waals surface area contributed by atoms with Gasteiger partial charge in [0.1, 0.15) is 5.00 Å². The monoisotopic (exact) mass is 419 g/mol. The van der Waals surface area contributed by atoms with E-state index in [1.807, 2.05) is 0 Å². The Kier molecular flexibility index (Phi) is 5.47. The quantitative estimate of drug-likeness (QED) is 0.726. The van der Waals surface area contributed by atoms with Crippen molar-refractivity contribution in [2.24, 2.45) is 12.8 Å². The summed E-state index contributed by atoms with van der Waals surface area (Å²) in [5, 5.41) is 9.59. The Balaban J connectivity index is 1.70. The highest BCUT2D eigenvalue weighted by atomic mass is 32.2. The van der Waals surface area contributed by atoms with Crippen LogP contribution < -0.4 is 11.1 Å². The lowest BCUT2D eigenvalue weighted by Gasteiger charge is -2.11. The molecule has 0 saturated heterocycles. The third kappa shape index (κ3) is 4.10. The Labute approximate surface area is 160 Å². The molecule has 0 saturated carbocycles. The maximum atomic E-state index is 12.7. The van der Waals surface area contributed by atoms with E-state index in [0.29, 0.717) is 10.6 Å². The molecule has 0 radical (unpaired) electrons. The molecule has 12 heteroatoms. The van der Waals surface area contributed by atoms with Crippen LogP contribution in [0.15, 0.2) is 5.16 Å². The van der Waals surface area contributed by atoms with Crippen molar-refractivity contribution in [2.45, 2.75) is 37.0 Å². The molecular weight excluding hydrogens is 403 g/mol. The fourth-order valence-electron chi connectivity index (χ4n) is 2.89. The van der Waals surface area contributed by atoms with E-state index in [1.54, 1.807) is 0 Å². The number of hydrogen-bond acceptors (Lipinski definition) is 6. The number of carbonyl (C=O) groups excluding carboxylic acids is 2. The number of thiophene rings is 1. The second-order valence-electron chi connectivity index (χ2n) is 5.98. The summed E-state index contributed by atoms with van der Waals surface area (Å²) in [7, 11) is 1.18. The van der Waals surface area contributed by atoms with Gasteiger partial charge in [0.25, 0.3) is 5.91 Å². The molecule has 7 nitrogen and oxygen atoms in total. The first-order valence-corrected chi connectivity index (χ1v) is 9.82. The van der Waals surface area contributed by atoms with Crippen LogP contribution in [0.3, 0.4) is 0 Å². The molecule has 2 heterocycles. The third-order valence-electron chi connectivity index (χ3n) is 4.09. The molecule has 0 atom stereocenters. The number of anilines is 1. The minimum Gasteiger partial charge on any atom is -0.365 e. The average molecular weight is 419 g/mol. The summed E-state index contributed by atoms with van der Waals surface area (Å²) in [5.74, 6) is -2.37. The number of carbonyl (C=O) groups is 2. The lowest BCUT2D eigenvalue weighted by Crippen LogP contribution is -2.19. The zero-order valence-corrected chi connectivity index (χ0v) is 15.9. The fraction of sp³-hybridized carbons (Fsp3) is 0.467. The molecule has 0 aliphatic heterocycles. The van der Waals surface area contributed by atoms with Crippen molar-refractivity contribution in [2.75, 3.05) is 11.1 Å². The highest BCUT2D eigenvalue weighted by Gasteiger charge is 2.37. The fourth-order valence-corrected chi connectivity index (χ4v) is 4.92. The normalized spacial score (nSPS) is 14.1. The number of thioether (sulfide) groups is 1. The first-order chi connectivity index (χ1) is 12.7. The molecule has 0 spiro atoms. The van der Waals surface area contributed by atoms with Gasteiger partial charge in [0.2, 0.25) is 11.7 Å². The number of alkyl halides is 3. The first-order valence-electron chi connectivity index (χ1n) is 8.02. The molecule has 146 valence electrons. The van der Waals surface area contributed by atoms with Gasteiger partial charge in [-0.25, -0.2) is 0 Å². The Bertz CT molecular complexity index is 891. The maximum absolute atomic E-state index is 12.7. The number of aromatic nitrogens is 3. The summed E-state index contributed by atoms with van der Waals surface area (Å²) in [5.41, 5.74) is 6.70. The molecule has 1 aliphatic carbocycles. The molecule has 2 aromatic heterocycles. The van der Waals surface area contributed by atoms with Crippen LogP contribution in [0.5, 0.6) is 0 Å². The van der Waals surface area contributed by atoms with E-state index < -0.39 is 23.8 Å². The number of hydrogen-bond donors (Lipinski definition) is 2. The van der Waals surface area contributed by atoms with Crippen LogP contribution >= 0.6 is 23.1 Å². The number of nitrogens with two attached hydrogens (primary N) is 1. The number of nitrogens with zero attached hydrogens (tertiary/aromatic N) is 3. The van der Waals surface area contributed by atoms with Gasteiger partial charge in [-0.05, 0) is 31.2 Å². The summed E-state index contributed by atoms with van der Waals surface area (Å²) in [6.07, 6.45) is -1.06. The molecule has 0 aromatic carbocycles. The van der Waals surface area contributed by atoms with Crippen LogP contribution in [-0.2, 0) is 30.9 Å². The number of nitrogens with one attached hydrogen (secondary N) is 1. The van der Waals surface area contributed by atoms with Crippen molar-refractivity contribution < 1.29 is 22.8 Å². The zero-order chi connectivity index (χ0) is 19.8. The van der Waals surface area contributed by atoms with Gasteiger partial charge in [0.15, 0.2) is 5.16 Å². The van der Waals surface area contributed by atoms with Gasteiger partial charge in [-0.2, -0.15) is 13.2 Å². The number of aryl methyl sites for hydroxylation is 1. The number of fused-ring (bicyclic) bond motifs is 1. The third-order valence-corrected chi connectivity index (χ3v) is 6.32. The molecule has 1 aliphatic rings. The lowest BCUT2D eigenvalue weighted by molar-refractivity contribution is -0.147. The maximum Gasteiger partial charge on any atom is 0.451 e. The van der Waals surface area contributed by atoms with Gasteiger partial charge >= 0.3 is 6.18 Å². The lowest BCUT2D eigenvalue weighted by atomic mass is 9.95. The molecule has 3 rings (SSSR count). The van der Waals surface area contributed by atoms with E-state index in [2.05, 4.69) is 15.5 Å². The minimum absolute atomic E-state index is 0.0296. The Morgan fingerprint density at radius 3 is 2.63 bits per heavy atom. The standard InChI is InChI=1S/C15H16F3N5O2S2/c1-23-13(15(16,17)18)21-22-14(23)26-6-9(24)20-12-10(11(19)25)7-4-2-3-5-8(7)27-12/h2-6H2,1H3,(H2,19,25)(H,20,24). The van der Waals surface area contributed by atoms with E-state index in [4.69, 9.17) is 5.73 Å². The highest BCUT2D eigenvalue weighted by Crippen LogP contribution is 2.38. The molecule has 0 bridgehead atoms. The Hall–Kier alpha value is -2.08. The molecule has 2 aromatic rings. The van der Waals surface area contributed by atoms with E-state index in [9.17, 15) is 22.8 Å². The van der Waals surface area contributed by atoms with Crippen LogP contribution in [-0.4, -0.2) is 32.3 Å². The second kappa shape index (κ2) is 7.50.